The summed E-state index contributed by atoms with van der Waals surface area (Å²) in [7, 11) is 0. The number of rotatable bonds is 7. The number of unbranched alkanes of at least 4 members (excludes halogenated alkanes) is 1. The molecule has 0 bridgehead atoms. The van der Waals surface area contributed by atoms with Gasteiger partial charge in [-0.1, -0.05) is 63.1 Å². The second kappa shape index (κ2) is 7.88. The van der Waals surface area contributed by atoms with Gasteiger partial charge in [-0.05, 0) is 30.0 Å². The molecule has 22 heavy (non-hydrogen) atoms. The van der Waals surface area contributed by atoms with E-state index in [9.17, 15) is 9.18 Å². The molecule has 0 radical (unpaired) electrons. The number of carbonyl (C=O) groups is 1. The molecular weight excluding hydrogens is 275 g/mol. The number of aryl methyl sites for hydroxylation is 1. The molecule has 1 nitrogen and oxygen atoms in total. The van der Waals surface area contributed by atoms with Crippen molar-refractivity contribution in [1.82, 2.24) is 0 Å². The van der Waals surface area contributed by atoms with E-state index < -0.39 is 0 Å². The summed E-state index contributed by atoms with van der Waals surface area (Å²) in [6, 6.07) is 12.8. The Balaban J connectivity index is 2.20. The summed E-state index contributed by atoms with van der Waals surface area (Å²) in [5.74, 6) is -0.309. The van der Waals surface area contributed by atoms with E-state index in [1.807, 2.05) is 31.2 Å². The lowest BCUT2D eigenvalue weighted by Crippen LogP contribution is -2.00. The minimum atomic E-state index is -0.328. The molecule has 116 valence electrons. The molecule has 2 rings (SSSR count). The minimum absolute atomic E-state index is 0.0191. The molecule has 0 amide bonds. The largest absolute Gasteiger partial charge is 0.294 e. The Morgan fingerprint density at radius 1 is 1.00 bits per heavy atom. The Bertz CT molecular complexity index is 629. The van der Waals surface area contributed by atoms with Gasteiger partial charge in [-0.3, -0.25) is 4.79 Å². The molecular formula is C20H23FO. The highest BCUT2D eigenvalue weighted by atomic mass is 19.1. The fourth-order valence-electron chi connectivity index (χ4n) is 2.54. The van der Waals surface area contributed by atoms with Crippen LogP contribution in [0.2, 0.25) is 0 Å². The molecule has 0 aliphatic carbocycles. The summed E-state index contributed by atoms with van der Waals surface area (Å²) in [5.41, 5.74) is 3.13. The number of ketones is 1. The van der Waals surface area contributed by atoms with Crippen molar-refractivity contribution in [1.29, 1.82) is 0 Å². The topological polar surface area (TPSA) is 17.1 Å². The molecule has 0 fully saturated rings. The zero-order chi connectivity index (χ0) is 15.9. The smallest absolute Gasteiger partial charge is 0.162 e. The molecule has 0 spiro atoms. The SMILES string of the molecule is CCCCC(=O)c1ccc(-c2ccc(CCC)cc2)c(F)c1. The van der Waals surface area contributed by atoms with Gasteiger partial charge in [-0.2, -0.15) is 0 Å². The molecule has 2 aromatic rings. The lowest BCUT2D eigenvalue weighted by Gasteiger charge is -2.07. The molecule has 0 heterocycles. The van der Waals surface area contributed by atoms with Gasteiger partial charge in [0.2, 0.25) is 0 Å². The van der Waals surface area contributed by atoms with E-state index in [4.69, 9.17) is 0 Å². The second-order valence-corrected chi connectivity index (χ2v) is 5.67. The van der Waals surface area contributed by atoms with E-state index in [1.54, 1.807) is 12.1 Å². The van der Waals surface area contributed by atoms with Crippen molar-refractivity contribution in [2.45, 2.75) is 46.0 Å². The monoisotopic (exact) mass is 298 g/mol. The van der Waals surface area contributed by atoms with E-state index in [0.29, 0.717) is 17.5 Å². The average Bonchev–Trinajstić information content (AvgIpc) is 2.54. The maximum atomic E-state index is 14.3. The molecule has 0 saturated heterocycles. The summed E-state index contributed by atoms with van der Waals surface area (Å²) in [6.07, 6.45) is 4.44. The van der Waals surface area contributed by atoms with Crippen LogP contribution in [-0.2, 0) is 6.42 Å². The third-order valence-corrected chi connectivity index (χ3v) is 3.85. The van der Waals surface area contributed by atoms with Crippen LogP contribution in [0.1, 0.15) is 55.5 Å². The number of carbonyl (C=O) groups excluding carboxylic acids is 1. The van der Waals surface area contributed by atoms with Gasteiger partial charge >= 0.3 is 0 Å². The highest BCUT2D eigenvalue weighted by Crippen LogP contribution is 2.25. The summed E-state index contributed by atoms with van der Waals surface area (Å²) in [4.78, 5) is 12.0. The first-order chi connectivity index (χ1) is 10.7. The average molecular weight is 298 g/mol. The standard InChI is InChI=1S/C20H23FO/c1-3-5-7-20(22)17-12-13-18(19(21)14-17)16-10-8-15(6-4-2)9-11-16/h8-14H,3-7H2,1-2H3. The predicted octanol–water partition coefficient (Wildman–Crippen LogP) is 5.82. The zero-order valence-corrected chi connectivity index (χ0v) is 13.4. The van der Waals surface area contributed by atoms with Crippen LogP contribution in [0.15, 0.2) is 42.5 Å². The van der Waals surface area contributed by atoms with Crippen LogP contribution in [0.25, 0.3) is 11.1 Å². The summed E-state index contributed by atoms with van der Waals surface area (Å²) < 4.78 is 14.3. The van der Waals surface area contributed by atoms with Crippen LogP contribution in [0.5, 0.6) is 0 Å². The van der Waals surface area contributed by atoms with Gasteiger partial charge < -0.3 is 0 Å². The van der Waals surface area contributed by atoms with Gasteiger partial charge in [-0.25, -0.2) is 4.39 Å². The number of hydrogen-bond donors (Lipinski definition) is 0. The fraction of sp³-hybridized carbons (Fsp3) is 0.350. The number of halogens is 1. The van der Waals surface area contributed by atoms with E-state index in [0.717, 1.165) is 31.2 Å². The van der Waals surface area contributed by atoms with Crippen LogP contribution in [-0.4, -0.2) is 5.78 Å². The third-order valence-electron chi connectivity index (χ3n) is 3.85. The first-order valence-electron chi connectivity index (χ1n) is 8.07. The maximum Gasteiger partial charge on any atom is 0.162 e. The van der Waals surface area contributed by atoms with Crippen LogP contribution in [0.4, 0.5) is 4.39 Å². The zero-order valence-electron chi connectivity index (χ0n) is 13.4. The number of benzene rings is 2. The number of Topliss-reactive ketones (excluding diaryl/α,β-unsaturated/α-hetero) is 1. The molecule has 2 heteroatoms. The van der Waals surface area contributed by atoms with Gasteiger partial charge in [0, 0.05) is 17.5 Å². The van der Waals surface area contributed by atoms with E-state index in [2.05, 4.69) is 6.92 Å². The van der Waals surface area contributed by atoms with Gasteiger partial charge in [0.15, 0.2) is 5.78 Å². The van der Waals surface area contributed by atoms with Crippen LogP contribution in [0, 0.1) is 5.82 Å². The van der Waals surface area contributed by atoms with Crippen molar-refractivity contribution in [2.75, 3.05) is 0 Å². The molecule has 0 saturated carbocycles. The molecule has 0 atom stereocenters. The van der Waals surface area contributed by atoms with Gasteiger partial charge in [-0.15, -0.1) is 0 Å². The molecule has 0 unspecified atom stereocenters. The van der Waals surface area contributed by atoms with Gasteiger partial charge in [0.05, 0.1) is 0 Å². The van der Waals surface area contributed by atoms with Crippen molar-refractivity contribution in [3.05, 3.63) is 59.4 Å². The fourth-order valence-corrected chi connectivity index (χ4v) is 2.54. The van der Waals surface area contributed by atoms with Crippen LogP contribution >= 0.6 is 0 Å². The van der Waals surface area contributed by atoms with Crippen molar-refractivity contribution in [2.24, 2.45) is 0 Å². The lowest BCUT2D eigenvalue weighted by atomic mass is 9.98. The Kier molecular flexibility index (Phi) is 5.88. The molecule has 0 N–H and O–H groups in total. The molecule has 0 aromatic heterocycles. The first kappa shape index (κ1) is 16.4. The van der Waals surface area contributed by atoms with E-state index in [1.165, 1.54) is 11.6 Å². The van der Waals surface area contributed by atoms with Crippen molar-refractivity contribution in [3.8, 4) is 11.1 Å². The van der Waals surface area contributed by atoms with Gasteiger partial charge in [0.25, 0.3) is 0 Å². The highest BCUT2D eigenvalue weighted by Gasteiger charge is 2.10. The van der Waals surface area contributed by atoms with Crippen LogP contribution < -0.4 is 0 Å². The minimum Gasteiger partial charge on any atom is -0.294 e. The second-order valence-electron chi connectivity index (χ2n) is 5.67. The first-order valence-corrected chi connectivity index (χ1v) is 8.07. The van der Waals surface area contributed by atoms with Crippen molar-refractivity contribution < 1.29 is 9.18 Å². The molecule has 0 aliphatic rings. The Hall–Kier alpha value is -1.96. The quantitative estimate of drug-likeness (QED) is 0.589. The Morgan fingerprint density at radius 2 is 1.73 bits per heavy atom. The lowest BCUT2D eigenvalue weighted by molar-refractivity contribution is 0.0979. The summed E-state index contributed by atoms with van der Waals surface area (Å²) >= 11 is 0. The van der Waals surface area contributed by atoms with Gasteiger partial charge in [0.1, 0.15) is 5.82 Å². The Labute approximate surface area is 132 Å². The normalized spacial score (nSPS) is 10.7. The third kappa shape index (κ3) is 4.03. The highest BCUT2D eigenvalue weighted by molar-refractivity contribution is 5.96. The summed E-state index contributed by atoms with van der Waals surface area (Å²) in [6.45, 7) is 4.18. The maximum absolute atomic E-state index is 14.3. The van der Waals surface area contributed by atoms with E-state index >= 15 is 0 Å². The van der Waals surface area contributed by atoms with Crippen molar-refractivity contribution in [3.63, 3.8) is 0 Å². The van der Waals surface area contributed by atoms with Crippen LogP contribution in [0.3, 0.4) is 0 Å². The molecule has 0 aliphatic heterocycles. The Morgan fingerprint density at radius 3 is 2.32 bits per heavy atom. The van der Waals surface area contributed by atoms with Crippen molar-refractivity contribution >= 4 is 5.78 Å². The molecule has 2 aromatic carbocycles. The number of hydrogen-bond acceptors (Lipinski definition) is 1. The predicted molar refractivity (Wildman–Crippen MR) is 89.7 cm³/mol. The summed E-state index contributed by atoms with van der Waals surface area (Å²) in [5, 5.41) is 0. The van der Waals surface area contributed by atoms with E-state index in [-0.39, 0.29) is 11.6 Å².